The summed E-state index contributed by atoms with van der Waals surface area (Å²) in [6, 6.07) is -0.0289. The molecule has 1 heterocycles. The van der Waals surface area contributed by atoms with E-state index in [1.807, 2.05) is 20.8 Å². The molecule has 1 aliphatic rings. The van der Waals surface area contributed by atoms with Crippen LogP contribution in [-0.4, -0.2) is 56.1 Å². The number of ether oxygens (including phenoxy) is 3. The first-order valence-corrected chi connectivity index (χ1v) is 7.49. The van der Waals surface area contributed by atoms with E-state index >= 15 is 0 Å². The standard InChI is InChI=1S/C16H27NO4/c1-16(2,3)21-15(18)17-10-7-9-14(17)8-5-6-11-20-13-12-19-4/h14H,6-7,9-13H2,1-4H3/t14-/m1/s1. The van der Waals surface area contributed by atoms with Crippen molar-refractivity contribution in [2.45, 2.75) is 51.7 Å². The highest BCUT2D eigenvalue weighted by Crippen LogP contribution is 2.20. The smallest absolute Gasteiger partial charge is 0.411 e. The molecule has 0 aliphatic carbocycles. The van der Waals surface area contributed by atoms with Gasteiger partial charge in [0.1, 0.15) is 5.60 Å². The van der Waals surface area contributed by atoms with Gasteiger partial charge in [-0.15, -0.1) is 0 Å². The van der Waals surface area contributed by atoms with Gasteiger partial charge in [0.05, 0.1) is 25.9 Å². The molecule has 0 aromatic carbocycles. The summed E-state index contributed by atoms with van der Waals surface area (Å²) < 4.78 is 15.6. The molecule has 21 heavy (non-hydrogen) atoms. The first-order chi connectivity index (χ1) is 9.94. The Hall–Kier alpha value is -1.25. The fourth-order valence-electron chi connectivity index (χ4n) is 2.01. The molecule has 0 saturated carbocycles. The molecular weight excluding hydrogens is 270 g/mol. The topological polar surface area (TPSA) is 48.0 Å². The molecule has 1 atom stereocenters. The zero-order valence-electron chi connectivity index (χ0n) is 13.6. The molecule has 0 unspecified atom stereocenters. The molecule has 1 amide bonds. The molecule has 1 saturated heterocycles. The molecule has 5 heteroatoms. The van der Waals surface area contributed by atoms with Crippen molar-refractivity contribution >= 4 is 6.09 Å². The van der Waals surface area contributed by atoms with Gasteiger partial charge in [-0.25, -0.2) is 4.79 Å². The Bertz CT molecular complexity index is 378. The van der Waals surface area contributed by atoms with Gasteiger partial charge in [0.15, 0.2) is 0 Å². The lowest BCUT2D eigenvalue weighted by Gasteiger charge is -2.26. The van der Waals surface area contributed by atoms with Crippen molar-refractivity contribution in [2.75, 3.05) is 33.5 Å². The van der Waals surface area contributed by atoms with E-state index in [-0.39, 0.29) is 12.1 Å². The third-order valence-corrected chi connectivity index (χ3v) is 2.95. The van der Waals surface area contributed by atoms with E-state index < -0.39 is 5.60 Å². The highest BCUT2D eigenvalue weighted by Gasteiger charge is 2.30. The van der Waals surface area contributed by atoms with E-state index in [1.165, 1.54) is 0 Å². The molecule has 0 bridgehead atoms. The van der Waals surface area contributed by atoms with Crippen LogP contribution in [0.5, 0.6) is 0 Å². The number of amides is 1. The van der Waals surface area contributed by atoms with Gasteiger partial charge in [0.25, 0.3) is 0 Å². The summed E-state index contributed by atoms with van der Waals surface area (Å²) in [5.74, 6) is 6.24. The number of methoxy groups -OCH3 is 1. The summed E-state index contributed by atoms with van der Waals surface area (Å²) in [5.41, 5.74) is -0.465. The van der Waals surface area contributed by atoms with Crippen LogP contribution in [0.1, 0.15) is 40.0 Å². The second kappa shape index (κ2) is 8.91. The molecule has 0 spiro atoms. The van der Waals surface area contributed by atoms with Crippen LogP contribution in [-0.2, 0) is 14.2 Å². The van der Waals surface area contributed by atoms with E-state index in [2.05, 4.69) is 11.8 Å². The number of nitrogens with zero attached hydrogens (tertiary/aromatic N) is 1. The maximum Gasteiger partial charge on any atom is 0.411 e. The second-order valence-electron chi connectivity index (χ2n) is 6.01. The van der Waals surface area contributed by atoms with Crippen LogP contribution in [0.25, 0.3) is 0 Å². The Morgan fingerprint density at radius 3 is 2.71 bits per heavy atom. The van der Waals surface area contributed by atoms with E-state index in [0.717, 1.165) is 19.4 Å². The average Bonchev–Trinajstić information content (AvgIpc) is 2.84. The molecule has 1 aliphatic heterocycles. The second-order valence-corrected chi connectivity index (χ2v) is 6.01. The molecule has 1 fully saturated rings. The molecule has 5 nitrogen and oxygen atoms in total. The zero-order valence-corrected chi connectivity index (χ0v) is 13.6. The van der Waals surface area contributed by atoms with E-state index in [0.29, 0.717) is 26.2 Å². The van der Waals surface area contributed by atoms with Crippen molar-refractivity contribution < 1.29 is 19.0 Å². The quantitative estimate of drug-likeness (QED) is 0.578. The molecule has 120 valence electrons. The molecule has 0 radical (unpaired) electrons. The zero-order chi connectivity index (χ0) is 15.7. The summed E-state index contributed by atoms with van der Waals surface area (Å²) in [6.45, 7) is 8.12. The summed E-state index contributed by atoms with van der Waals surface area (Å²) in [6.07, 6.45) is 2.29. The van der Waals surface area contributed by atoms with Crippen molar-refractivity contribution in [3.63, 3.8) is 0 Å². The molecule has 1 rings (SSSR count). The van der Waals surface area contributed by atoms with E-state index in [9.17, 15) is 4.79 Å². The van der Waals surface area contributed by atoms with Gasteiger partial charge in [0.2, 0.25) is 0 Å². The number of carbonyl (C=O) groups excluding carboxylic acids is 1. The van der Waals surface area contributed by atoms with Crippen molar-refractivity contribution in [1.82, 2.24) is 4.90 Å². The van der Waals surface area contributed by atoms with Crippen molar-refractivity contribution in [3.8, 4) is 11.8 Å². The van der Waals surface area contributed by atoms with E-state index in [1.54, 1.807) is 12.0 Å². The first kappa shape index (κ1) is 17.8. The van der Waals surface area contributed by atoms with Crippen molar-refractivity contribution in [3.05, 3.63) is 0 Å². The monoisotopic (exact) mass is 297 g/mol. The van der Waals surface area contributed by atoms with Gasteiger partial charge in [-0.3, -0.25) is 4.90 Å². The Kier molecular flexibility index (Phi) is 7.55. The Balaban J connectivity index is 2.35. The van der Waals surface area contributed by atoms with E-state index in [4.69, 9.17) is 14.2 Å². The molecular formula is C16H27NO4. The summed E-state index contributed by atoms with van der Waals surface area (Å²) >= 11 is 0. The predicted molar refractivity (Wildman–Crippen MR) is 81.1 cm³/mol. The molecule has 0 aromatic rings. The highest BCUT2D eigenvalue weighted by atomic mass is 16.6. The van der Waals surface area contributed by atoms with Gasteiger partial charge >= 0.3 is 6.09 Å². The minimum Gasteiger partial charge on any atom is -0.444 e. The lowest BCUT2D eigenvalue weighted by molar-refractivity contribution is 0.0261. The van der Waals surface area contributed by atoms with Crippen LogP contribution < -0.4 is 0 Å². The fourth-order valence-corrected chi connectivity index (χ4v) is 2.01. The number of hydrogen-bond donors (Lipinski definition) is 0. The molecule has 0 N–H and O–H groups in total. The third-order valence-electron chi connectivity index (χ3n) is 2.95. The molecule has 0 aromatic heterocycles. The minimum atomic E-state index is -0.465. The van der Waals surface area contributed by atoms with Gasteiger partial charge in [-0.05, 0) is 33.6 Å². The maximum atomic E-state index is 12.1. The number of carbonyl (C=O) groups is 1. The Labute approximate surface area is 127 Å². The first-order valence-electron chi connectivity index (χ1n) is 7.49. The summed E-state index contributed by atoms with van der Waals surface area (Å²) in [5, 5.41) is 0. The van der Waals surface area contributed by atoms with Crippen LogP contribution in [0.2, 0.25) is 0 Å². The Morgan fingerprint density at radius 1 is 1.29 bits per heavy atom. The normalized spacial score (nSPS) is 18.3. The lowest BCUT2D eigenvalue weighted by atomic mass is 10.2. The van der Waals surface area contributed by atoms with Gasteiger partial charge in [-0.1, -0.05) is 11.8 Å². The largest absolute Gasteiger partial charge is 0.444 e. The van der Waals surface area contributed by atoms with Gasteiger partial charge < -0.3 is 14.2 Å². The minimum absolute atomic E-state index is 0.0289. The lowest BCUT2D eigenvalue weighted by Crippen LogP contribution is -2.39. The van der Waals surface area contributed by atoms with Gasteiger partial charge in [-0.2, -0.15) is 0 Å². The Morgan fingerprint density at radius 2 is 2.05 bits per heavy atom. The van der Waals surface area contributed by atoms with Gasteiger partial charge in [0, 0.05) is 20.1 Å². The average molecular weight is 297 g/mol. The van der Waals surface area contributed by atoms with Crippen LogP contribution in [0.15, 0.2) is 0 Å². The third kappa shape index (κ3) is 7.35. The maximum absolute atomic E-state index is 12.1. The van der Waals surface area contributed by atoms with Crippen LogP contribution in [0, 0.1) is 11.8 Å². The SMILES string of the molecule is COCCOCCC#C[C@@H]1CCCN1C(=O)OC(C)(C)C. The number of likely N-dealkylation sites (tertiary alicyclic amines) is 1. The van der Waals surface area contributed by atoms with Crippen LogP contribution in [0.4, 0.5) is 4.79 Å². The number of rotatable bonds is 5. The van der Waals surface area contributed by atoms with Crippen LogP contribution >= 0.6 is 0 Å². The number of hydrogen-bond acceptors (Lipinski definition) is 4. The summed E-state index contributed by atoms with van der Waals surface area (Å²) in [4.78, 5) is 13.8. The van der Waals surface area contributed by atoms with Crippen molar-refractivity contribution in [1.29, 1.82) is 0 Å². The van der Waals surface area contributed by atoms with Crippen molar-refractivity contribution in [2.24, 2.45) is 0 Å². The predicted octanol–water partition coefficient (Wildman–Crippen LogP) is 2.44. The summed E-state index contributed by atoms with van der Waals surface area (Å²) in [7, 11) is 1.65. The van der Waals surface area contributed by atoms with Crippen LogP contribution in [0.3, 0.4) is 0 Å². The fraction of sp³-hybridized carbons (Fsp3) is 0.812. The highest BCUT2D eigenvalue weighted by molar-refractivity contribution is 5.69.